The second-order valence-electron chi connectivity index (χ2n) is 6.77. The quantitative estimate of drug-likeness (QED) is 0.791. The van der Waals surface area contributed by atoms with Crippen molar-refractivity contribution in [2.45, 2.75) is 53.1 Å². The summed E-state index contributed by atoms with van der Waals surface area (Å²) in [5.41, 5.74) is 0.306. The molecule has 2 atom stereocenters. The van der Waals surface area contributed by atoms with Crippen molar-refractivity contribution < 1.29 is 5.11 Å². The maximum atomic E-state index is 9.45. The Morgan fingerprint density at radius 3 is 2.59 bits per heavy atom. The largest absolute Gasteiger partial charge is 0.396 e. The molecule has 3 heteroatoms. The van der Waals surface area contributed by atoms with Crippen molar-refractivity contribution in [3.8, 4) is 0 Å². The molecule has 1 heterocycles. The number of hydrogen-bond acceptors (Lipinski definition) is 3. The van der Waals surface area contributed by atoms with Gasteiger partial charge in [-0.05, 0) is 32.1 Å². The van der Waals surface area contributed by atoms with Crippen molar-refractivity contribution in [2.75, 3.05) is 26.2 Å². The molecule has 1 saturated heterocycles. The second kappa shape index (κ2) is 5.25. The van der Waals surface area contributed by atoms with Crippen LogP contribution in [0.3, 0.4) is 0 Å². The van der Waals surface area contributed by atoms with Gasteiger partial charge in [-0.25, -0.2) is 0 Å². The fourth-order valence-corrected chi connectivity index (χ4v) is 2.67. The Morgan fingerprint density at radius 2 is 2.06 bits per heavy atom. The van der Waals surface area contributed by atoms with Crippen molar-refractivity contribution in [2.24, 2.45) is 11.3 Å². The van der Waals surface area contributed by atoms with Gasteiger partial charge in [0.25, 0.3) is 0 Å². The van der Waals surface area contributed by atoms with Crippen LogP contribution in [0.2, 0.25) is 0 Å². The third-order valence-electron chi connectivity index (χ3n) is 4.93. The minimum Gasteiger partial charge on any atom is -0.396 e. The van der Waals surface area contributed by atoms with E-state index in [0.29, 0.717) is 12.0 Å². The lowest BCUT2D eigenvalue weighted by Crippen LogP contribution is -2.57. The van der Waals surface area contributed by atoms with Gasteiger partial charge in [0.1, 0.15) is 0 Å². The molecule has 17 heavy (non-hydrogen) atoms. The number of aliphatic hydroxyl groups is 1. The molecule has 0 spiro atoms. The molecule has 1 rings (SSSR count). The Labute approximate surface area is 107 Å². The van der Waals surface area contributed by atoms with E-state index in [0.717, 1.165) is 19.6 Å². The molecule has 1 fully saturated rings. The molecule has 3 nitrogen and oxygen atoms in total. The first-order valence-electron chi connectivity index (χ1n) is 6.82. The van der Waals surface area contributed by atoms with Crippen molar-refractivity contribution in [3.05, 3.63) is 0 Å². The standard InChI is InChI=1S/C14H30N2O/c1-11(9-17)14(5,6)16-8-7-15-10-13(3,4)12(16)2/h11-12,15,17H,7-10H2,1-6H3. The minimum absolute atomic E-state index is 0.0391. The van der Waals surface area contributed by atoms with Crippen molar-refractivity contribution in [1.82, 2.24) is 10.2 Å². The van der Waals surface area contributed by atoms with E-state index < -0.39 is 0 Å². The summed E-state index contributed by atoms with van der Waals surface area (Å²) in [6, 6.07) is 0.515. The van der Waals surface area contributed by atoms with Crippen molar-refractivity contribution >= 4 is 0 Å². The number of aliphatic hydroxyl groups excluding tert-OH is 1. The molecule has 0 bridgehead atoms. The van der Waals surface area contributed by atoms with Gasteiger partial charge in [-0.3, -0.25) is 4.90 Å². The van der Waals surface area contributed by atoms with Gasteiger partial charge in [0.15, 0.2) is 0 Å². The van der Waals surface area contributed by atoms with Crippen LogP contribution >= 0.6 is 0 Å². The lowest BCUT2D eigenvalue weighted by Gasteiger charge is -2.49. The maximum absolute atomic E-state index is 9.45. The van der Waals surface area contributed by atoms with Gasteiger partial charge in [-0.15, -0.1) is 0 Å². The van der Waals surface area contributed by atoms with Crippen LogP contribution in [0.25, 0.3) is 0 Å². The molecule has 0 aromatic carbocycles. The minimum atomic E-state index is 0.0391. The van der Waals surface area contributed by atoms with E-state index in [4.69, 9.17) is 0 Å². The summed E-state index contributed by atoms with van der Waals surface area (Å²) in [6.45, 7) is 17.0. The number of hydrogen-bond donors (Lipinski definition) is 2. The molecule has 2 unspecified atom stereocenters. The molecule has 2 N–H and O–H groups in total. The predicted molar refractivity (Wildman–Crippen MR) is 73.1 cm³/mol. The normalized spacial score (nSPS) is 28.8. The maximum Gasteiger partial charge on any atom is 0.0474 e. The lowest BCUT2D eigenvalue weighted by molar-refractivity contribution is -0.0135. The van der Waals surface area contributed by atoms with E-state index in [-0.39, 0.29) is 17.6 Å². The molecule has 0 aromatic rings. The van der Waals surface area contributed by atoms with Gasteiger partial charge >= 0.3 is 0 Å². The Kier molecular flexibility index (Phi) is 4.61. The lowest BCUT2D eigenvalue weighted by atomic mass is 9.79. The summed E-state index contributed by atoms with van der Waals surface area (Å²) in [7, 11) is 0. The smallest absolute Gasteiger partial charge is 0.0474 e. The summed E-state index contributed by atoms with van der Waals surface area (Å²) >= 11 is 0. The second-order valence-corrected chi connectivity index (χ2v) is 6.77. The summed E-state index contributed by atoms with van der Waals surface area (Å²) in [4.78, 5) is 2.56. The fourth-order valence-electron chi connectivity index (χ4n) is 2.67. The summed E-state index contributed by atoms with van der Waals surface area (Å²) < 4.78 is 0. The van der Waals surface area contributed by atoms with Gasteiger partial charge in [0.05, 0.1) is 0 Å². The third-order valence-corrected chi connectivity index (χ3v) is 4.93. The first kappa shape index (κ1) is 14.9. The SMILES string of the molecule is CC1N(C(C)(C)C(C)CO)CCNCC1(C)C. The molecule has 1 aliphatic heterocycles. The van der Waals surface area contributed by atoms with Crippen LogP contribution in [-0.2, 0) is 0 Å². The monoisotopic (exact) mass is 242 g/mol. The van der Waals surface area contributed by atoms with Crippen LogP contribution in [0, 0.1) is 11.3 Å². The average Bonchev–Trinajstić information content (AvgIpc) is 2.38. The molecule has 0 saturated carbocycles. The average molecular weight is 242 g/mol. The Morgan fingerprint density at radius 1 is 1.47 bits per heavy atom. The Bertz CT molecular complexity index is 251. The molecule has 0 amide bonds. The Hall–Kier alpha value is -0.120. The van der Waals surface area contributed by atoms with Crippen LogP contribution in [-0.4, -0.2) is 47.8 Å². The van der Waals surface area contributed by atoms with E-state index in [1.165, 1.54) is 0 Å². The fraction of sp³-hybridized carbons (Fsp3) is 1.00. The van der Waals surface area contributed by atoms with Gasteiger partial charge in [0, 0.05) is 37.8 Å². The Balaban J connectivity index is 2.94. The van der Waals surface area contributed by atoms with E-state index in [1.54, 1.807) is 0 Å². The number of nitrogens with one attached hydrogen (secondary N) is 1. The highest BCUT2D eigenvalue weighted by Gasteiger charge is 2.41. The van der Waals surface area contributed by atoms with E-state index >= 15 is 0 Å². The zero-order valence-corrected chi connectivity index (χ0v) is 12.4. The predicted octanol–water partition coefficient (Wildman–Crippen LogP) is 1.71. The van der Waals surface area contributed by atoms with Crippen LogP contribution in [0.1, 0.15) is 41.5 Å². The van der Waals surface area contributed by atoms with Crippen LogP contribution in [0.5, 0.6) is 0 Å². The topological polar surface area (TPSA) is 35.5 Å². The van der Waals surface area contributed by atoms with Crippen LogP contribution < -0.4 is 5.32 Å². The summed E-state index contributed by atoms with van der Waals surface area (Å²) in [6.07, 6.45) is 0. The van der Waals surface area contributed by atoms with E-state index in [9.17, 15) is 5.11 Å². The first-order valence-corrected chi connectivity index (χ1v) is 6.82. The summed E-state index contributed by atoms with van der Waals surface area (Å²) in [5.74, 6) is 0.291. The van der Waals surface area contributed by atoms with Crippen LogP contribution in [0.15, 0.2) is 0 Å². The molecule has 0 radical (unpaired) electrons. The molecule has 1 aliphatic rings. The highest BCUT2D eigenvalue weighted by molar-refractivity contribution is 4.96. The van der Waals surface area contributed by atoms with Gasteiger partial charge < -0.3 is 10.4 Å². The van der Waals surface area contributed by atoms with Gasteiger partial charge in [-0.2, -0.15) is 0 Å². The summed E-state index contributed by atoms with van der Waals surface area (Å²) in [5, 5.41) is 13.0. The number of rotatable bonds is 3. The molecular weight excluding hydrogens is 212 g/mol. The van der Waals surface area contributed by atoms with Crippen molar-refractivity contribution in [3.63, 3.8) is 0 Å². The molecule has 0 aromatic heterocycles. The van der Waals surface area contributed by atoms with Crippen molar-refractivity contribution in [1.29, 1.82) is 0 Å². The van der Waals surface area contributed by atoms with E-state index in [1.807, 2.05) is 0 Å². The molecular formula is C14H30N2O. The highest BCUT2D eigenvalue weighted by atomic mass is 16.3. The zero-order chi connectivity index (χ0) is 13.3. The highest BCUT2D eigenvalue weighted by Crippen LogP contribution is 2.34. The third kappa shape index (κ3) is 3.01. The van der Waals surface area contributed by atoms with Gasteiger partial charge in [0.2, 0.25) is 0 Å². The van der Waals surface area contributed by atoms with E-state index in [2.05, 4.69) is 51.8 Å². The number of nitrogens with zero attached hydrogens (tertiary/aromatic N) is 1. The molecule has 102 valence electrons. The van der Waals surface area contributed by atoms with Gasteiger partial charge in [-0.1, -0.05) is 20.8 Å². The zero-order valence-electron chi connectivity index (χ0n) is 12.4. The first-order chi connectivity index (χ1) is 7.73. The molecule has 0 aliphatic carbocycles. The van der Waals surface area contributed by atoms with Crippen LogP contribution in [0.4, 0.5) is 0 Å².